The molecule has 2 atom stereocenters. The molecular formula is C24H29ClN4O. The second-order valence-corrected chi connectivity index (χ2v) is 8.66. The number of benzene rings is 2. The minimum Gasteiger partial charge on any atom is -0.494 e. The quantitative estimate of drug-likeness (QED) is 0.570. The number of aromatic nitrogens is 2. The Balaban J connectivity index is 1.50. The monoisotopic (exact) mass is 424 g/mol. The van der Waals surface area contributed by atoms with E-state index in [9.17, 15) is 0 Å². The zero-order valence-electron chi connectivity index (χ0n) is 18.1. The van der Waals surface area contributed by atoms with Crippen LogP contribution in [0.25, 0.3) is 11.0 Å². The first-order valence-corrected chi connectivity index (χ1v) is 11.0. The van der Waals surface area contributed by atoms with Gasteiger partial charge in [0.15, 0.2) is 0 Å². The summed E-state index contributed by atoms with van der Waals surface area (Å²) >= 11 is 6.07. The summed E-state index contributed by atoms with van der Waals surface area (Å²) in [6.07, 6.45) is 1.86. The largest absolute Gasteiger partial charge is 0.494 e. The molecule has 1 fully saturated rings. The van der Waals surface area contributed by atoms with Crippen molar-refractivity contribution in [2.45, 2.75) is 46.3 Å². The van der Waals surface area contributed by atoms with E-state index < -0.39 is 0 Å². The van der Waals surface area contributed by atoms with Gasteiger partial charge in [-0.3, -0.25) is 9.88 Å². The van der Waals surface area contributed by atoms with Gasteiger partial charge < -0.3 is 9.64 Å². The molecule has 0 spiro atoms. The molecule has 0 bridgehead atoms. The molecule has 1 aromatic heterocycles. The highest BCUT2D eigenvalue weighted by molar-refractivity contribution is 6.31. The number of hydrogen-bond acceptors (Lipinski definition) is 5. The first kappa shape index (κ1) is 20.9. The highest BCUT2D eigenvalue weighted by Crippen LogP contribution is 2.26. The van der Waals surface area contributed by atoms with E-state index in [0.717, 1.165) is 42.2 Å². The van der Waals surface area contributed by atoms with Crippen LogP contribution >= 0.6 is 11.6 Å². The SMILES string of the molecule is CCOc1cc(C)cc(CN2[C@H](C)CN(c3cnc4cc(Cl)ccc4n3)C[C@@H]2C)c1. The molecule has 0 saturated carbocycles. The number of nitrogens with zero attached hydrogens (tertiary/aromatic N) is 4. The van der Waals surface area contributed by atoms with Gasteiger partial charge in [0.2, 0.25) is 0 Å². The molecule has 5 nitrogen and oxygen atoms in total. The van der Waals surface area contributed by atoms with Crippen molar-refractivity contribution in [3.8, 4) is 5.75 Å². The minimum absolute atomic E-state index is 0.396. The molecular weight excluding hydrogens is 396 g/mol. The Morgan fingerprint density at radius 3 is 2.57 bits per heavy atom. The van der Waals surface area contributed by atoms with Crippen molar-refractivity contribution >= 4 is 28.5 Å². The summed E-state index contributed by atoms with van der Waals surface area (Å²) in [5.41, 5.74) is 4.24. The maximum absolute atomic E-state index is 6.07. The number of rotatable bonds is 5. The summed E-state index contributed by atoms with van der Waals surface area (Å²) in [6.45, 7) is 12.2. The molecule has 158 valence electrons. The molecule has 2 heterocycles. The van der Waals surface area contributed by atoms with Crippen molar-refractivity contribution < 1.29 is 4.74 Å². The fraction of sp³-hybridized carbons (Fsp3) is 0.417. The van der Waals surface area contributed by atoms with Crippen molar-refractivity contribution in [3.63, 3.8) is 0 Å². The van der Waals surface area contributed by atoms with Crippen LogP contribution < -0.4 is 9.64 Å². The Kier molecular flexibility index (Phi) is 6.11. The molecule has 4 rings (SSSR count). The third-order valence-electron chi connectivity index (χ3n) is 5.70. The summed E-state index contributed by atoms with van der Waals surface area (Å²) in [5, 5.41) is 0.684. The lowest BCUT2D eigenvalue weighted by atomic mass is 10.0. The summed E-state index contributed by atoms with van der Waals surface area (Å²) in [5.74, 6) is 1.88. The fourth-order valence-electron chi connectivity index (χ4n) is 4.36. The number of hydrogen-bond donors (Lipinski definition) is 0. The zero-order chi connectivity index (χ0) is 21.3. The molecule has 1 aliphatic rings. The van der Waals surface area contributed by atoms with Gasteiger partial charge in [-0.05, 0) is 69.2 Å². The first-order valence-electron chi connectivity index (χ1n) is 10.6. The third kappa shape index (κ3) is 4.52. The van der Waals surface area contributed by atoms with Gasteiger partial charge in [0, 0.05) is 36.7 Å². The van der Waals surface area contributed by atoms with E-state index in [0.29, 0.717) is 23.7 Å². The van der Waals surface area contributed by atoms with Crippen molar-refractivity contribution in [1.82, 2.24) is 14.9 Å². The van der Waals surface area contributed by atoms with Gasteiger partial charge in [0.25, 0.3) is 0 Å². The van der Waals surface area contributed by atoms with Gasteiger partial charge in [0.05, 0.1) is 23.8 Å². The standard InChI is InChI=1S/C24H29ClN4O/c1-5-30-21-9-16(2)8-19(10-21)15-29-17(3)13-28(14-18(29)4)24-12-26-23-11-20(25)6-7-22(23)27-24/h6-12,17-18H,5,13-15H2,1-4H3/t17-,18+. The van der Waals surface area contributed by atoms with E-state index in [2.05, 4.69) is 53.8 Å². The van der Waals surface area contributed by atoms with Crippen LogP contribution in [0.5, 0.6) is 5.75 Å². The molecule has 0 unspecified atom stereocenters. The number of piperazine rings is 1. The lowest BCUT2D eigenvalue weighted by Crippen LogP contribution is -2.56. The zero-order valence-corrected chi connectivity index (χ0v) is 18.9. The van der Waals surface area contributed by atoms with Crippen LogP contribution in [0, 0.1) is 6.92 Å². The van der Waals surface area contributed by atoms with Crippen LogP contribution in [0.15, 0.2) is 42.6 Å². The molecule has 6 heteroatoms. The summed E-state index contributed by atoms with van der Waals surface area (Å²) < 4.78 is 5.74. The summed E-state index contributed by atoms with van der Waals surface area (Å²) in [7, 11) is 0. The fourth-order valence-corrected chi connectivity index (χ4v) is 4.52. The van der Waals surface area contributed by atoms with Crippen molar-refractivity contribution in [3.05, 3.63) is 58.7 Å². The highest BCUT2D eigenvalue weighted by Gasteiger charge is 2.30. The lowest BCUT2D eigenvalue weighted by molar-refractivity contribution is 0.122. The Morgan fingerprint density at radius 1 is 1.07 bits per heavy atom. The third-order valence-corrected chi connectivity index (χ3v) is 5.94. The smallest absolute Gasteiger partial charge is 0.147 e. The minimum atomic E-state index is 0.396. The van der Waals surface area contributed by atoms with Crippen LogP contribution in [-0.2, 0) is 6.54 Å². The maximum atomic E-state index is 6.07. The summed E-state index contributed by atoms with van der Waals surface area (Å²) in [4.78, 5) is 14.3. The molecule has 0 aliphatic carbocycles. The number of halogens is 1. The second kappa shape index (κ2) is 8.78. The predicted octanol–water partition coefficient (Wildman–Crippen LogP) is 5.09. The Bertz CT molecular complexity index is 1030. The van der Waals surface area contributed by atoms with Crippen LogP contribution in [0.3, 0.4) is 0 Å². The number of ether oxygens (including phenoxy) is 1. The number of anilines is 1. The van der Waals surface area contributed by atoms with Gasteiger partial charge in [-0.2, -0.15) is 0 Å². The van der Waals surface area contributed by atoms with E-state index in [1.165, 1.54) is 11.1 Å². The van der Waals surface area contributed by atoms with Crippen LogP contribution in [0.1, 0.15) is 31.9 Å². The van der Waals surface area contributed by atoms with E-state index in [-0.39, 0.29) is 0 Å². The highest BCUT2D eigenvalue weighted by atomic mass is 35.5. The maximum Gasteiger partial charge on any atom is 0.147 e. The molecule has 1 aliphatic heterocycles. The van der Waals surface area contributed by atoms with Gasteiger partial charge in [-0.1, -0.05) is 17.7 Å². The summed E-state index contributed by atoms with van der Waals surface area (Å²) in [6, 6.07) is 13.0. The van der Waals surface area contributed by atoms with Gasteiger partial charge in [0.1, 0.15) is 11.6 Å². The average molecular weight is 425 g/mol. The van der Waals surface area contributed by atoms with Crippen LogP contribution in [0.4, 0.5) is 5.82 Å². The number of fused-ring (bicyclic) bond motifs is 1. The molecule has 0 amide bonds. The Hall–Kier alpha value is -2.37. The van der Waals surface area contributed by atoms with E-state index in [4.69, 9.17) is 21.3 Å². The van der Waals surface area contributed by atoms with Crippen LogP contribution in [0.2, 0.25) is 5.02 Å². The number of aryl methyl sites for hydroxylation is 1. The van der Waals surface area contributed by atoms with Crippen molar-refractivity contribution in [2.75, 3.05) is 24.6 Å². The topological polar surface area (TPSA) is 41.5 Å². The van der Waals surface area contributed by atoms with Crippen LogP contribution in [-0.4, -0.2) is 46.6 Å². The van der Waals surface area contributed by atoms with E-state index in [1.807, 2.05) is 31.3 Å². The molecule has 0 radical (unpaired) electrons. The average Bonchev–Trinajstić information content (AvgIpc) is 2.70. The molecule has 3 aromatic rings. The van der Waals surface area contributed by atoms with Crippen molar-refractivity contribution in [1.29, 1.82) is 0 Å². The predicted molar refractivity (Wildman–Crippen MR) is 124 cm³/mol. The molecule has 2 aromatic carbocycles. The first-order chi connectivity index (χ1) is 14.4. The van der Waals surface area contributed by atoms with E-state index in [1.54, 1.807) is 0 Å². The Morgan fingerprint density at radius 2 is 1.83 bits per heavy atom. The normalized spacial score (nSPS) is 20.0. The van der Waals surface area contributed by atoms with Crippen molar-refractivity contribution in [2.24, 2.45) is 0 Å². The van der Waals surface area contributed by atoms with Gasteiger partial charge in [-0.25, -0.2) is 4.98 Å². The van der Waals surface area contributed by atoms with E-state index >= 15 is 0 Å². The Labute approximate surface area is 183 Å². The lowest BCUT2D eigenvalue weighted by Gasteiger charge is -2.45. The molecule has 0 N–H and O–H groups in total. The van der Waals surface area contributed by atoms with Gasteiger partial charge >= 0.3 is 0 Å². The molecule has 1 saturated heterocycles. The van der Waals surface area contributed by atoms with Gasteiger partial charge in [-0.15, -0.1) is 0 Å². The molecule has 30 heavy (non-hydrogen) atoms. The second-order valence-electron chi connectivity index (χ2n) is 8.22.